The number of amides is 2. The van der Waals surface area contributed by atoms with E-state index in [1.165, 1.54) is 0 Å². The lowest BCUT2D eigenvalue weighted by atomic mass is 9.90. The second kappa shape index (κ2) is 6.82. The van der Waals surface area contributed by atoms with E-state index in [9.17, 15) is 14.7 Å². The molecule has 21 heavy (non-hydrogen) atoms. The Morgan fingerprint density at radius 1 is 1.24 bits per heavy atom. The van der Waals surface area contributed by atoms with Crippen molar-refractivity contribution >= 4 is 29.4 Å². The molecule has 3 N–H and O–H groups in total. The van der Waals surface area contributed by atoms with Gasteiger partial charge in [-0.2, -0.15) is 0 Å². The summed E-state index contributed by atoms with van der Waals surface area (Å²) in [6, 6.07) is 6.82. The van der Waals surface area contributed by atoms with Gasteiger partial charge >= 0.3 is 12.0 Å². The van der Waals surface area contributed by atoms with Crippen molar-refractivity contribution in [3.8, 4) is 0 Å². The molecule has 1 aliphatic rings. The van der Waals surface area contributed by atoms with Crippen LogP contribution < -0.4 is 10.6 Å². The van der Waals surface area contributed by atoms with Crippen LogP contribution in [-0.2, 0) is 9.53 Å². The molecule has 0 aliphatic carbocycles. The first-order valence-electron chi connectivity index (χ1n) is 6.60. The van der Waals surface area contributed by atoms with Gasteiger partial charge in [-0.1, -0.05) is 0 Å². The van der Waals surface area contributed by atoms with Crippen molar-refractivity contribution in [3.63, 3.8) is 0 Å². The maximum Gasteiger partial charge on any atom is 0.329 e. The zero-order valence-corrected chi connectivity index (χ0v) is 12.5. The molecule has 1 aromatic carbocycles. The predicted octanol–water partition coefficient (Wildman–Crippen LogP) is 2.16. The van der Waals surface area contributed by atoms with Crippen LogP contribution in [0.2, 0.25) is 0 Å². The third kappa shape index (κ3) is 3.89. The van der Waals surface area contributed by atoms with Crippen molar-refractivity contribution < 1.29 is 19.4 Å². The highest BCUT2D eigenvalue weighted by Gasteiger charge is 2.41. The Balaban J connectivity index is 2.00. The van der Waals surface area contributed by atoms with Crippen LogP contribution in [0.25, 0.3) is 0 Å². The molecule has 1 fully saturated rings. The summed E-state index contributed by atoms with van der Waals surface area (Å²) >= 11 is 1.61. The normalized spacial score (nSPS) is 17.0. The van der Waals surface area contributed by atoms with Crippen molar-refractivity contribution in [3.05, 3.63) is 24.3 Å². The number of aliphatic carboxylic acids is 1. The number of benzene rings is 1. The standard InChI is InChI=1S/C14H18N2O4S/c1-21-11-4-2-10(3-5-11)15-13(19)16-14(12(17)18)6-8-20-9-7-14/h2-5H,6-9H2,1H3,(H,17,18)(H2,15,16,19). The number of carbonyl (C=O) groups excluding carboxylic acids is 1. The molecule has 2 rings (SSSR count). The quantitative estimate of drug-likeness (QED) is 0.742. The number of nitrogens with one attached hydrogen (secondary N) is 2. The van der Waals surface area contributed by atoms with Crippen molar-refractivity contribution in [2.45, 2.75) is 23.3 Å². The Bertz CT molecular complexity index is 512. The lowest BCUT2D eigenvalue weighted by Gasteiger charge is -2.33. The zero-order valence-electron chi connectivity index (χ0n) is 11.7. The van der Waals surface area contributed by atoms with E-state index in [1.54, 1.807) is 23.9 Å². The van der Waals surface area contributed by atoms with Crippen LogP contribution in [0.1, 0.15) is 12.8 Å². The SMILES string of the molecule is CSc1ccc(NC(=O)NC2(C(=O)O)CCOCC2)cc1. The minimum absolute atomic E-state index is 0.265. The Labute approximate surface area is 127 Å². The van der Waals surface area contributed by atoms with Crippen molar-refractivity contribution in [1.82, 2.24) is 5.32 Å². The Kier molecular flexibility index (Phi) is 5.08. The average Bonchev–Trinajstić information content (AvgIpc) is 2.48. The number of carboxylic acid groups (broad SMARTS) is 1. The van der Waals surface area contributed by atoms with Crippen LogP contribution in [0.3, 0.4) is 0 Å². The summed E-state index contributed by atoms with van der Waals surface area (Å²) in [4.78, 5) is 24.6. The summed E-state index contributed by atoms with van der Waals surface area (Å²) in [7, 11) is 0. The van der Waals surface area contributed by atoms with Crippen LogP contribution in [0.5, 0.6) is 0 Å². The van der Waals surface area contributed by atoms with Crippen molar-refractivity contribution in [1.29, 1.82) is 0 Å². The Hall–Kier alpha value is -1.73. The van der Waals surface area contributed by atoms with Crippen molar-refractivity contribution in [2.75, 3.05) is 24.8 Å². The lowest BCUT2D eigenvalue weighted by Crippen LogP contribution is -2.58. The third-order valence-corrected chi connectivity index (χ3v) is 4.20. The highest BCUT2D eigenvalue weighted by atomic mass is 32.2. The van der Waals surface area contributed by atoms with Crippen LogP contribution in [0, 0.1) is 0 Å². The average molecular weight is 310 g/mol. The van der Waals surface area contributed by atoms with Gasteiger partial charge in [0.25, 0.3) is 0 Å². The largest absolute Gasteiger partial charge is 0.480 e. The maximum absolute atomic E-state index is 12.0. The van der Waals surface area contributed by atoms with E-state index < -0.39 is 17.5 Å². The number of carbonyl (C=O) groups is 2. The highest BCUT2D eigenvalue weighted by molar-refractivity contribution is 7.98. The number of anilines is 1. The van der Waals surface area contributed by atoms with Gasteiger partial charge in [-0.3, -0.25) is 0 Å². The van der Waals surface area contributed by atoms with Crippen LogP contribution in [0.15, 0.2) is 29.2 Å². The van der Waals surface area contributed by atoms with Gasteiger partial charge in [-0.15, -0.1) is 11.8 Å². The fraction of sp³-hybridized carbons (Fsp3) is 0.429. The summed E-state index contributed by atoms with van der Waals surface area (Å²) in [5.74, 6) is -1.03. The van der Waals surface area contributed by atoms with E-state index in [2.05, 4.69) is 10.6 Å². The molecule has 0 spiro atoms. The number of urea groups is 1. The highest BCUT2D eigenvalue weighted by Crippen LogP contribution is 2.22. The van der Waals surface area contributed by atoms with E-state index in [0.29, 0.717) is 18.9 Å². The first-order valence-corrected chi connectivity index (χ1v) is 7.82. The molecular weight excluding hydrogens is 292 g/mol. The van der Waals surface area contributed by atoms with Gasteiger partial charge in [0.1, 0.15) is 5.54 Å². The molecular formula is C14H18N2O4S. The molecule has 0 atom stereocenters. The summed E-state index contributed by atoms with van der Waals surface area (Å²) in [5.41, 5.74) is -0.625. The predicted molar refractivity (Wildman–Crippen MR) is 80.8 cm³/mol. The fourth-order valence-corrected chi connectivity index (χ4v) is 2.57. The van der Waals surface area contributed by atoms with Crippen LogP contribution in [0.4, 0.5) is 10.5 Å². The number of thioether (sulfide) groups is 1. The van der Waals surface area contributed by atoms with Gasteiger partial charge in [0.05, 0.1) is 0 Å². The molecule has 0 bridgehead atoms. The number of hydrogen-bond acceptors (Lipinski definition) is 4. The number of ether oxygens (including phenoxy) is 1. The van der Waals surface area contributed by atoms with Gasteiger partial charge in [-0.05, 0) is 30.5 Å². The zero-order chi connectivity index (χ0) is 15.3. The summed E-state index contributed by atoms with van der Waals surface area (Å²) in [6.45, 7) is 0.657. The Morgan fingerprint density at radius 2 is 1.86 bits per heavy atom. The van der Waals surface area contributed by atoms with Crippen LogP contribution in [-0.4, -0.2) is 42.1 Å². The molecule has 0 saturated carbocycles. The summed E-state index contributed by atoms with van der Waals surface area (Å²) in [6.07, 6.45) is 2.50. The minimum Gasteiger partial charge on any atom is -0.480 e. The monoisotopic (exact) mass is 310 g/mol. The van der Waals surface area contributed by atoms with Crippen LogP contribution >= 0.6 is 11.8 Å². The molecule has 114 valence electrons. The first-order chi connectivity index (χ1) is 10.1. The number of rotatable bonds is 4. The van der Waals surface area contributed by atoms with E-state index >= 15 is 0 Å². The van der Waals surface area contributed by atoms with Gasteiger partial charge in [0.2, 0.25) is 0 Å². The second-order valence-corrected chi connectivity index (χ2v) is 5.69. The summed E-state index contributed by atoms with van der Waals surface area (Å²) < 4.78 is 5.16. The molecule has 1 aliphatic heterocycles. The molecule has 2 amide bonds. The molecule has 0 unspecified atom stereocenters. The minimum atomic E-state index is -1.25. The molecule has 7 heteroatoms. The van der Waals surface area contributed by atoms with Gasteiger partial charge in [-0.25, -0.2) is 9.59 Å². The van der Waals surface area contributed by atoms with Gasteiger partial charge in [0.15, 0.2) is 0 Å². The smallest absolute Gasteiger partial charge is 0.329 e. The van der Waals surface area contributed by atoms with E-state index in [0.717, 1.165) is 4.90 Å². The molecule has 6 nitrogen and oxygen atoms in total. The Morgan fingerprint density at radius 3 is 2.38 bits per heavy atom. The number of hydrogen-bond donors (Lipinski definition) is 3. The molecule has 1 aromatic rings. The molecule has 1 heterocycles. The van der Waals surface area contributed by atoms with Gasteiger partial charge < -0.3 is 20.5 Å². The van der Waals surface area contributed by atoms with E-state index in [-0.39, 0.29) is 12.8 Å². The van der Waals surface area contributed by atoms with E-state index in [4.69, 9.17) is 4.74 Å². The molecule has 1 saturated heterocycles. The third-order valence-electron chi connectivity index (χ3n) is 3.46. The molecule has 0 aromatic heterocycles. The topological polar surface area (TPSA) is 87.7 Å². The van der Waals surface area contributed by atoms with Crippen molar-refractivity contribution in [2.24, 2.45) is 0 Å². The lowest BCUT2D eigenvalue weighted by molar-refractivity contribution is -0.148. The number of carboxylic acids is 1. The fourth-order valence-electron chi connectivity index (χ4n) is 2.17. The summed E-state index contributed by atoms with van der Waals surface area (Å²) in [5, 5.41) is 14.6. The maximum atomic E-state index is 12.0. The van der Waals surface area contributed by atoms with E-state index in [1.807, 2.05) is 18.4 Å². The van der Waals surface area contributed by atoms with Gasteiger partial charge in [0, 0.05) is 36.6 Å². The second-order valence-electron chi connectivity index (χ2n) is 4.81. The first kappa shape index (κ1) is 15.7. The molecule has 0 radical (unpaired) electrons.